The Balaban J connectivity index is 1.51. The number of ether oxygens (including phenoxy) is 2. The highest BCUT2D eigenvalue weighted by atomic mass is 16.7. The molecule has 2 bridgehead atoms. The maximum atomic E-state index is 11.7. The van der Waals surface area contributed by atoms with Gasteiger partial charge in [-0.05, 0) is 23.8 Å². The number of allylic oxidation sites excluding steroid dienone is 2. The summed E-state index contributed by atoms with van der Waals surface area (Å²) < 4.78 is 11.8. The summed E-state index contributed by atoms with van der Waals surface area (Å²) in [5.74, 6) is 0.979. The van der Waals surface area contributed by atoms with Crippen LogP contribution in [0.25, 0.3) is 0 Å². The van der Waals surface area contributed by atoms with Crippen LogP contribution in [0.4, 0.5) is 0 Å². The second kappa shape index (κ2) is 4.54. The van der Waals surface area contributed by atoms with Gasteiger partial charge in [0.15, 0.2) is 6.29 Å². The molecule has 1 heterocycles. The van der Waals surface area contributed by atoms with Crippen LogP contribution >= 0.6 is 0 Å². The molecular weight excluding hydrogens is 252 g/mol. The first kappa shape index (κ1) is 12.3. The number of aldehydes is 1. The Morgan fingerprint density at radius 3 is 2.95 bits per heavy atom. The van der Waals surface area contributed by atoms with Crippen LogP contribution in [0.15, 0.2) is 42.5 Å². The van der Waals surface area contributed by atoms with Gasteiger partial charge in [0.25, 0.3) is 0 Å². The molecule has 3 nitrogen and oxygen atoms in total. The van der Waals surface area contributed by atoms with E-state index in [1.54, 1.807) is 0 Å². The maximum absolute atomic E-state index is 11.7. The third kappa shape index (κ3) is 1.63. The van der Waals surface area contributed by atoms with E-state index in [0.29, 0.717) is 25.0 Å². The first-order valence-corrected chi connectivity index (χ1v) is 7.25. The van der Waals surface area contributed by atoms with Crippen LogP contribution in [0.3, 0.4) is 0 Å². The summed E-state index contributed by atoms with van der Waals surface area (Å²) in [6.07, 6.45) is 6.39. The van der Waals surface area contributed by atoms with Crippen LogP contribution in [0.2, 0.25) is 0 Å². The van der Waals surface area contributed by atoms with E-state index in [0.717, 1.165) is 18.3 Å². The molecule has 1 aromatic carbocycles. The van der Waals surface area contributed by atoms with Crippen molar-refractivity contribution in [3.05, 3.63) is 48.0 Å². The van der Waals surface area contributed by atoms with Gasteiger partial charge in [-0.15, -0.1) is 0 Å². The van der Waals surface area contributed by atoms with Gasteiger partial charge in [0.1, 0.15) is 6.29 Å². The van der Waals surface area contributed by atoms with Crippen molar-refractivity contribution in [2.45, 2.75) is 19.3 Å². The lowest BCUT2D eigenvalue weighted by Gasteiger charge is -2.30. The van der Waals surface area contributed by atoms with E-state index in [2.05, 4.69) is 12.2 Å². The number of carbonyl (C=O) groups excluding carboxylic acids is 1. The number of benzene rings is 1. The van der Waals surface area contributed by atoms with Crippen LogP contribution in [0, 0.1) is 23.2 Å². The van der Waals surface area contributed by atoms with Gasteiger partial charge in [-0.2, -0.15) is 0 Å². The molecule has 1 saturated heterocycles. The summed E-state index contributed by atoms with van der Waals surface area (Å²) in [7, 11) is 0. The molecule has 0 N–H and O–H groups in total. The smallest absolute Gasteiger partial charge is 0.162 e. The summed E-state index contributed by atoms with van der Waals surface area (Å²) >= 11 is 0. The fourth-order valence-corrected chi connectivity index (χ4v) is 4.13. The molecule has 2 aliphatic carbocycles. The summed E-state index contributed by atoms with van der Waals surface area (Å²) in [5.41, 5.74) is 0.805. The molecule has 0 radical (unpaired) electrons. The number of carbonyl (C=O) groups is 1. The second-order valence-electron chi connectivity index (χ2n) is 6.12. The van der Waals surface area contributed by atoms with E-state index in [1.165, 1.54) is 0 Å². The molecule has 4 rings (SSSR count). The van der Waals surface area contributed by atoms with Gasteiger partial charge >= 0.3 is 0 Å². The minimum Gasteiger partial charge on any atom is -0.351 e. The van der Waals surface area contributed by atoms with Gasteiger partial charge < -0.3 is 14.3 Å². The summed E-state index contributed by atoms with van der Waals surface area (Å²) in [6.45, 7) is 1.05. The zero-order valence-corrected chi connectivity index (χ0v) is 11.3. The Hall–Kier alpha value is -1.45. The van der Waals surface area contributed by atoms with E-state index in [4.69, 9.17) is 9.47 Å². The third-order valence-electron chi connectivity index (χ3n) is 5.16. The van der Waals surface area contributed by atoms with E-state index < -0.39 is 0 Å². The topological polar surface area (TPSA) is 35.5 Å². The zero-order chi connectivity index (χ0) is 13.6. The largest absolute Gasteiger partial charge is 0.351 e. The SMILES string of the molecule is O=C[C@@]12CO[C@@H](OCc3ccccc3)C1[C@@H]1C=C[C@H]2C1. The van der Waals surface area contributed by atoms with Gasteiger partial charge in [0.2, 0.25) is 0 Å². The average Bonchev–Trinajstić information content (AvgIpc) is 3.18. The van der Waals surface area contributed by atoms with Gasteiger partial charge in [0.05, 0.1) is 18.6 Å². The molecule has 3 heteroatoms. The molecule has 5 atom stereocenters. The molecule has 1 unspecified atom stereocenters. The van der Waals surface area contributed by atoms with Crippen molar-refractivity contribution in [2.24, 2.45) is 23.2 Å². The monoisotopic (exact) mass is 270 g/mol. The van der Waals surface area contributed by atoms with Crippen molar-refractivity contribution in [3.63, 3.8) is 0 Å². The van der Waals surface area contributed by atoms with Gasteiger partial charge in [-0.1, -0.05) is 42.5 Å². The minimum atomic E-state index is -0.333. The molecule has 1 saturated carbocycles. The van der Waals surface area contributed by atoms with E-state index >= 15 is 0 Å². The quantitative estimate of drug-likeness (QED) is 0.623. The average molecular weight is 270 g/mol. The van der Waals surface area contributed by atoms with Crippen LogP contribution < -0.4 is 0 Å². The first-order valence-electron chi connectivity index (χ1n) is 7.25. The number of hydrogen-bond donors (Lipinski definition) is 0. The Morgan fingerprint density at radius 2 is 2.15 bits per heavy atom. The highest BCUT2D eigenvalue weighted by molar-refractivity contribution is 5.64. The standard InChI is InChI=1S/C17H18O3/c18-10-17-11-20-16(15(17)13-6-7-14(17)8-13)19-9-12-4-2-1-3-5-12/h1-7,10,13-16H,8-9,11H2/t13-,14+,15?,16-,17+/m1/s1. The van der Waals surface area contributed by atoms with Crippen LogP contribution in [0.5, 0.6) is 0 Å². The Kier molecular flexibility index (Phi) is 2.79. The van der Waals surface area contributed by atoms with Crippen LogP contribution in [-0.2, 0) is 20.9 Å². The van der Waals surface area contributed by atoms with Crippen molar-refractivity contribution in [2.75, 3.05) is 6.61 Å². The fourth-order valence-electron chi connectivity index (χ4n) is 4.13. The first-order chi connectivity index (χ1) is 9.83. The van der Waals surface area contributed by atoms with Gasteiger partial charge in [-0.25, -0.2) is 0 Å². The van der Waals surface area contributed by atoms with Crippen molar-refractivity contribution in [1.82, 2.24) is 0 Å². The molecule has 2 fully saturated rings. The molecular formula is C17H18O3. The molecule has 104 valence electrons. The molecule has 1 aliphatic heterocycles. The van der Waals surface area contributed by atoms with Crippen molar-refractivity contribution in [3.8, 4) is 0 Å². The van der Waals surface area contributed by atoms with Gasteiger partial charge in [-0.3, -0.25) is 0 Å². The molecule has 3 aliphatic rings. The van der Waals surface area contributed by atoms with Crippen LogP contribution in [0.1, 0.15) is 12.0 Å². The molecule has 20 heavy (non-hydrogen) atoms. The minimum absolute atomic E-state index is 0.193. The number of hydrogen-bond acceptors (Lipinski definition) is 3. The second-order valence-corrected chi connectivity index (χ2v) is 6.12. The highest BCUT2D eigenvalue weighted by Gasteiger charge is 2.63. The van der Waals surface area contributed by atoms with Crippen molar-refractivity contribution in [1.29, 1.82) is 0 Å². The molecule has 0 aromatic heterocycles. The lowest BCUT2D eigenvalue weighted by molar-refractivity contribution is -0.144. The third-order valence-corrected chi connectivity index (χ3v) is 5.16. The van der Waals surface area contributed by atoms with E-state index in [9.17, 15) is 4.79 Å². The fraction of sp³-hybridized carbons (Fsp3) is 0.471. The van der Waals surface area contributed by atoms with E-state index in [-0.39, 0.29) is 17.6 Å². The Morgan fingerprint density at radius 1 is 1.30 bits per heavy atom. The summed E-state index contributed by atoms with van der Waals surface area (Å²) in [5, 5.41) is 0. The Labute approximate surface area is 118 Å². The zero-order valence-electron chi connectivity index (χ0n) is 11.3. The molecule has 1 aromatic rings. The highest BCUT2D eigenvalue weighted by Crippen LogP contribution is 2.60. The lowest BCUT2D eigenvalue weighted by atomic mass is 9.71. The summed E-state index contributed by atoms with van der Waals surface area (Å²) in [4.78, 5) is 11.7. The molecule has 0 spiro atoms. The van der Waals surface area contributed by atoms with E-state index in [1.807, 2.05) is 30.3 Å². The van der Waals surface area contributed by atoms with Crippen molar-refractivity contribution >= 4 is 6.29 Å². The predicted octanol–water partition coefficient (Wildman–Crippen LogP) is 2.57. The molecule has 0 amide bonds. The maximum Gasteiger partial charge on any atom is 0.162 e. The normalized spacial score (nSPS) is 41.0. The Bertz CT molecular complexity index is 538. The van der Waals surface area contributed by atoms with Gasteiger partial charge in [0, 0.05) is 5.92 Å². The predicted molar refractivity (Wildman–Crippen MR) is 73.7 cm³/mol. The summed E-state index contributed by atoms with van der Waals surface area (Å²) in [6, 6.07) is 10.1. The number of fused-ring (bicyclic) bond motifs is 5. The number of rotatable bonds is 4. The lowest BCUT2D eigenvalue weighted by Crippen LogP contribution is -2.38. The van der Waals surface area contributed by atoms with Crippen molar-refractivity contribution < 1.29 is 14.3 Å². The van der Waals surface area contributed by atoms with Crippen LogP contribution in [-0.4, -0.2) is 19.2 Å².